The molecule has 7 heteroatoms. The highest BCUT2D eigenvalue weighted by molar-refractivity contribution is 6.14. The van der Waals surface area contributed by atoms with Crippen LogP contribution in [0.1, 0.15) is 57.6 Å². The molecule has 0 atom stereocenters. The number of Topliss-reactive ketones (excluding diaryl/α,β-unsaturated/α-hetero) is 1. The summed E-state index contributed by atoms with van der Waals surface area (Å²) >= 11 is 0. The summed E-state index contributed by atoms with van der Waals surface area (Å²) in [6.45, 7) is 8.21. The molecule has 0 amide bonds. The number of esters is 1. The predicted molar refractivity (Wildman–Crippen MR) is 126 cm³/mol. The number of allylic oxidation sites excluding steroid dienone is 1. The highest BCUT2D eigenvalue weighted by Crippen LogP contribution is 2.18. The number of hydrogen-bond donors (Lipinski definition) is 0. The van der Waals surface area contributed by atoms with Gasteiger partial charge in [0, 0.05) is 50.6 Å². The van der Waals surface area contributed by atoms with Gasteiger partial charge in [0.1, 0.15) is 17.2 Å². The van der Waals surface area contributed by atoms with Gasteiger partial charge in [0.05, 0.1) is 13.2 Å². The Morgan fingerprint density at radius 2 is 1.85 bits per heavy atom. The zero-order valence-corrected chi connectivity index (χ0v) is 19.9. The van der Waals surface area contributed by atoms with Gasteiger partial charge in [-0.25, -0.2) is 4.99 Å². The number of aliphatic imine (C=N–C) groups is 1. The SMILES string of the molecule is CC(C)(C)OC(=O)CCCc1cccc(CC(=O)CC2=NC(N3CCOCC3)=CC(=O)C2)c1. The van der Waals surface area contributed by atoms with E-state index in [9.17, 15) is 14.4 Å². The van der Waals surface area contributed by atoms with Crippen molar-refractivity contribution in [2.24, 2.45) is 4.99 Å². The molecule has 1 aromatic rings. The second-order valence-corrected chi connectivity index (χ2v) is 9.58. The standard InChI is InChI=1S/C26H34N2O5/c1-26(2,3)33-25(31)9-5-7-19-6-4-8-20(14-19)15-22(29)16-21-17-23(30)18-24(27-21)28-10-12-32-13-11-28/h4,6,8,14,18H,5,7,9-13,15-17H2,1-3H3. The molecule has 33 heavy (non-hydrogen) atoms. The first kappa shape index (κ1) is 24.8. The Hall–Kier alpha value is -2.80. The lowest BCUT2D eigenvalue weighted by atomic mass is 9.98. The highest BCUT2D eigenvalue weighted by atomic mass is 16.6. The summed E-state index contributed by atoms with van der Waals surface area (Å²) in [6.07, 6.45) is 4.05. The second-order valence-electron chi connectivity index (χ2n) is 9.58. The van der Waals surface area contributed by atoms with Gasteiger partial charge in [0.2, 0.25) is 0 Å². The number of ketones is 2. The summed E-state index contributed by atoms with van der Waals surface area (Å²) in [6, 6.07) is 7.89. The smallest absolute Gasteiger partial charge is 0.306 e. The first-order chi connectivity index (χ1) is 15.7. The largest absolute Gasteiger partial charge is 0.460 e. The molecule has 0 saturated carbocycles. The lowest BCUT2D eigenvalue weighted by Gasteiger charge is -2.30. The van der Waals surface area contributed by atoms with Gasteiger partial charge >= 0.3 is 5.97 Å². The summed E-state index contributed by atoms with van der Waals surface area (Å²) in [5.41, 5.74) is 2.18. The number of benzene rings is 1. The first-order valence-electron chi connectivity index (χ1n) is 11.6. The normalized spacial score (nSPS) is 16.8. The fourth-order valence-corrected chi connectivity index (χ4v) is 3.93. The zero-order valence-electron chi connectivity index (χ0n) is 19.9. The van der Waals surface area contributed by atoms with E-state index >= 15 is 0 Å². The number of nitrogens with zero attached hydrogens (tertiary/aromatic N) is 2. The molecule has 1 fully saturated rings. The van der Waals surface area contributed by atoms with Gasteiger partial charge in [-0.3, -0.25) is 14.4 Å². The number of rotatable bonds is 9. The van der Waals surface area contributed by atoms with E-state index in [1.165, 1.54) is 0 Å². The van der Waals surface area contributed by atoms with Crippen molar-refractivity contribution in [2.75, 3.05) is 26.3 Å². The van der Waals surface area contributed by atoms with Crippen LogP contribution in [0.5, 0.6) is 0 Å². The molecule has 3 rings (SSSR count). The number of carbonyl (C=O) groups excluding carboxylic acids is 3. The zero-order chi connectivity index (χ0) is 23.8. The summed E-state index contributed by atoms with van der Waals surface area (Å²) < 4.78 is 10.7. The van der Waals surface area contributed by atoms with Crippen molar-refractivity contribution >= 4 is 23.2 Å². The van der Waals surface area contributed by atoms with Crippen LogP contribution < -0.4 is 0 Å². The van der Waals surface area contributed by atoms with Crippen molar-refractivity contribution in [1.29, 1.82) is 0 Å². The molecule has 2 heterocycles. The second kappa shape index (κ2) is 11.4. The molecule has 2 aliphatic rings. The van der Waals surface area contributed by atoms with E-state index in [2.05, 4.69) is 4.99 Å². The molecule has 0 aromatic heterocycles. The molecule has 7 nitrogen and oxygen atoms in total. The molecule has 0 radical (unpaired) electrons. The highest BCUT2D eigenvalue weighted by Gasteiger charge is 2.21. The monoisotopic (exact) mass is 454 g/mol. The summed E-state index contributed by atoms with van der Waals surface area (Å²) in [7, 11) is 0. The molecule has 2 aliphatic heterocycles. The van der Waals surface area contributed by atoms with Gasteiger partial charge in [-0.15, -0.1) is 0 Å². The minimum Gasteiger partial charge on any atom is -0.460 e. The molecule has 1 aromatic carbocycles. The van der Waals surface area contributed by atoms with Gasteiger partial charge in [0.15, 0.2) is 5.78 Å². The Labute approximate surface area is 195 Å². The minimum absolute atomic E-state index is 0.0127. The van der Waals surface area contributed by atoms with Gasteiger partial charge in [-0.05, 0) is 44.7 Å². The third-order valence-corrected chi connectivity index (χ3v) is 5.34. The Morgan fingerprint density at radius 3 is 2.58 bits per heavy atom. The number of ether oxygens (including phenoxy) is 2. The van der Waals surface area contributed by atoms with Crippen LogP contribution >= 0.6 is 0 Å². The van der Waals surface area contributed by atoms with Crippen LogP contribution in [-0.4, -0.2) is 60.1 Å². The van der Waals surface area contributed by atoms with E-state index in [-0.39, 0.29) is 30.4 Å². The Kier molecular flexibility index (Phi) is 8.55. The van der Waals surface area contributed by atoms with Crippen LogP contribution in [0.3, 0.4) is 0 Å². The molecule has 1 saturated heterocycles. The molecule has 0 N–H and O–H groups in total. The molecule has 178 valence electrons. The molecule has 0 unspecified atom stereocenters. The summed E-state index contributed by atoms with van der Waals surface area (Å²) in [4.78, 5) is 43.4. The van der Waals surface area contributed by atoms with E-state index in [4.69, 9.17) is 9.47 Å². The summed E-state index contributed by atoms with van der Waals surface area (Å²) in [5.74, 6) is 0.475. The Balaban J connectivity index is 1.51. The van der Waals surface area contributed by atoms with Crippen LogP contribution in [0.2, 0.25) is 0 Å². The van der Waals surface area contributed by atoms with Crippen LogP contribution in [0.15, 0.2) is 41.2 Å². The number of morpholine rings is 1. The molecular weight excluding hydrogens is 420 g/mol. The van der Waals surface area contributed by atoms with Crippen molar-refractivity contribution < 1.29 is 23.9 Å². The van der Waals surface area contributed by atoms with Crippen molar-refractivity contribution in [3.05, 3.63) is 47.3 Å². The van der Waals surface area contributed by atoms with E-state index < -0.39 is 5.60 Å². The van der Waals surface area contributed by atoms with Crippen molar-refractivity contribution in [3.8, 4) is 0 Å². The number of carbonyl (C=O) groups is 3. The minimum atomic E-state index is -0.469. The third-order valence-electron chi connectivity index (χ3n) is 5.34. The average Bonchev–Trinajstić information content (AvgIpc) is 2.73. The first-order valence-corrected chi connectivity index (χ1v) is 11.6. The van der Waals surface area contributed by atoms with Crippen LogP contribution in [0, 0.1) is 0 Å². The third kappa shape index (κ3) is 8.57. The quantitative estimate of drug-likeness (QED) is 0.532. The van der Waals surface area contributed by atoms with Crippen molar-refractivity contribution in [3.63, 3.8) is 0 Å². The van der Waals surface area contributed by atoms with E-state index in [1.807, 2.05) is 49.9 Å². The van der Waals surface area contributed by atoms with E-state index in [0.717, 1.165) is 17.5 Å². The predicted octanol–water partition coefficient (Wildman–Crippen LogP) is 3.44. The maximum atomic E-state index is 12.7. The maximum absolute atomic E-state index is 12.7. The van der Waals surface area contributed by atoms with Crippen LogP contribution in [0.4, 0.5) is 0 Å². The van der Waals surface area contributed by atoms with Gasteiger partial charge in [-0.1, -0.05) is 24.3 Å². The summed E-state index contributed by atoms with van der Waals surface area (Å²) in [5, 5.41) is 0. The maximum Gasteiger partial charge on any atom is 0.306 e. The van der Waals surface area contributed by atoms with Crippen molar-refractivity contribution in [2.45, 2.75) is 64.9 Å². The molecular formula is C26H34N2O5. The molecule has 0 spiro atoms. The molecule has 0 bridgehead atoms. The fraction of sp³-hybridized carbons (Fsp3) is 0.538. The topological polar surface area (TPSA) is 85.3 Å². The van der Waals surface area contributed by atoms with Crippen molar-refractivity contribution in [1.82, 2.24) is 4.90 Å². The average molecular weight is 455 g/mol. The molecule has 0 aliphatic carbocycles. The number of hydrogen-bond acceptors (Lipinski definition) is 7. The lowest BCUT2D eigenvalue weighted by Crippen LogP contribution is -2.36. The van der Waals surface area contributed by atoms with Gasteiger partial charge < -0.3 is 14.4 Å². The fourth-order valence-electron chi connectivity index (χ4n) is 3.93. The lowest BCUT2D eigenvalue weighted by molar-refractivity contribution is -0.154. The van der Waals surface area contributed by atoms with E-state index in [0.29, 0.717) is 57.1 Å². The number of aryl methyl sites for hydroxylation is 1. The van der Waals surface area contributed by atoms with E-state index in [1.54, 1.807) is 6.08 Å². The van der Waals surface area contributed by atoms with Crippen LogP contribution in [0.25, 0.3) is 0 Å². The van der Waals surface area contributed by atoms with Gasteiger partial charge in [-0.2, -0.15) is 0 Å². The van der Waals surface area contributed by atoms with Gasteiger partial charge in [0.25, 0.3) is 0 Å². The Bertz CT molecular complexity index is 936. The Morgan fingerprint density at radius 1 is 1.12 bits per heavy atom. The van der Waals surface area contributed by atoms with Crippen LogP contribution in [-0.2, 0) is 36.7 Å².